The summed E-state index contributed by atoms with van der Waals surface area (Å²) in [6, 6.07) is 7.97. The van der Waals surface area contributed by atoms with Gasteiger partial charge in [0.1, 0.15) is 5.75 Å². The molecule has 0 fully saturated rings. The molecule has 0 bridgehead atoms. The van der Waals surface area contributed by atoms with Gasteiger partial charge in [-0.2, -0.15) is 0 Å². The van der Waals surface area contributed by atoms with Gasteiger partial charge < -0.3 is 9.84 Å². The van der Waals surface area contributed by atoms with E-state index >= 15 is 0 Å². The molecule has 0 saturated carbocycles. The summed E-state index contributed by atoms with van der Waals surface area (Å²) >= 11 is 0. The minimum atomic E-state index is 0.202. The molecule has 0 amide bonds. The second-order valence-electron chi connectivity index (χ2n) is 4.32. The summed E-state index contributed by atoms with van der Waals surface area (Å²) in [6.45, 7) is 5.39. The van der Waals surface area contributed by atoms with E-state index in [4.69, 9.17) is 9.84 Å². The first kappa shape index (κ1) is 13.0. The van der Waals surface area contributed by atoms with E-state index in [-0.39, 0.29) is 6.61 Å². The lowest BCUT2D eigenvalue weighted by molar-refractivity contribution is 0.251. The van der Waals surface area contributed by atoms with Crippen LogP contribution in [0.5, 0.6) is 5.75 Å². The fourth-order valence-electron chi connectivity index (χ4n) is 1.70. The fraction of sp³-hybridized carbons (Fsp3) is 0.571. The maximum absolute atomic E-state index is 8.79. The molecule has 1 rings (SSSR count). The van der Waals surface area contributed by atoms with Crippen LogP contribution in [0.4, 0.5) is 0 Å². The summed E-state index contributed by atoms with van der Waals surface area (Å²) in [5, 5.41) is 8.79. The van der Waals surface area contributed by atoms with E-state index in [2.05, 4.69) is 13.8 Å². The van der Waals surface area contributed by atoms with Crippen LogP contribution in [0.1, 0.15) is 32.3 Å². The van der Waals surface area contributed by atoms with Crippen molar-refractivity contribution in [1.82, 2.24) is 0 Å². The number of aliphatic hydroxyl groups is 1. The Kier molecular flexibility index (Phi) is 5.94. The number of ether oxygens (including phenoxy) is 1. The Labute approximate surface area is 98.3 Å². The summed E-state index contributed by atoms with van der Waals surface area (Å²) < 4.78 is 5.69. The van der Waals surface area contributed by atoms with Crippen molar-refractivity contribution in [2.45, 2.75) is 33.1 Å². The molecular formula is C14H22O2. The number of aliphatic hydroxyl groups excluding tert-OH is 1. The zero-order valence-electron chi connectivity index (χ0n) is 10.3. The number of hydrogen-bond donors (Lipinski definition) is 1. The third-order valence-electron chi connectivity index (χ3n) is 2.64. The van der Waals surface area contributed by atoms with Gasteiger partial charge in [-0.15, -0.1) is 0 Å². The summed E-state index contributed by atoms with van der Waals surface area (Å²) in [7, 11) is 0. The second-order valence-corrected chi connectivity index (χ2v) is 4.32. The van der Waals surface area contributed by atoms with Gasteiger partial charge in [0.15, 0.2) is 0 Å². The van der Waals surface area contributed by atoms with E-state index in [9.17, 15) is 0 Å². The highest BCUT2D eigenvalue weighted by molar-refractivity contribution is 5.27. The normalized spacial score (nSPS) is 12.4. The van der Waals surface area contributed by atoms with Crippen molar-refractivity contribution in [2.75, 3.05) is 13.2 Å². The minimum Gasteiger partial charge on any atom is -0.493 e. The minimum absolute atomic E-state index is 0.202. The summed E-state index contributed by atoms with van der Waals surface area (Å²) in [5.41, 5.74) is 1.15. The van der Waals surface area contributed by atoms with Gasteiger partial charge >= 0.3 is 0 Å². The average molecular weight is 222 g/mol. The van der Waals surface area contributed by atoms with Gasteiger partial charge in [0.25, 0.3) is 0 Å². The quantitative estimate of drug-likeness (QED) is 0.768. The molecule has 0 spiro atoms. The van der Waals surface area contributed by atoms with Gasteiger partial charge in [0, 0.05) is 6.61 Å². The van der Waals surface area contributed by atoms with Crippen LogP contribution in [0.25, 0.3) is 0 Å². The second kappa shape index (κ2) is 7.29. The molecule has 1 aromatic rings. The molecule has 0 aromatic heterocycles. The average Bonchev–Trinajstić information content (AvgIpc) is 2.29. The van der Waals surface area contributed by atoms with E-state index in [1.165, 1.54) is 12.8 Å². The molecule has 0 aliphatic carbocycles. The number of benzene rings is 1. The SMILES string of the molecule is CCC[C@@H](C)COc1ccc(CCO)cc1. The first-order chi connectivity index (χ1) is 7.76. The van der Waals surface area contributed by atoms with Gasteiger partial charge in [-0.1, -0.05) is 32.4 Å². The molecule has 16 heavy (non-hydrogen) atoms. The summed E-state index contributed by atoms with van der Waals surface area (Å²) in [4.78, 5) is 0. The van der Waals surface area contributed by atoms with E-state index in [1.54, 1.807) is 0 Å². The van der Waals surface area contributed by atoms with Gasteiger partial charge in [0.05, 0.1) is 6.61 Å². The van der Waals surface area contributed by atoms with Crippen LogP contribution >= 0.6 is 0 Å². The molecule has 0 unspecified atom stereocenters. The highest BCUT2D eigenvalue weighted by Crippen LogP contribution is 2.14. The van der Waals surface area contributed by atoms with Crippen LogP contribution in [0.2, 0.25) is 0 Å². The Morgan fingerprint density at radius 3 is 2.50 bits per heavy atom. The Hall–Kier alpha value is -1.02. The van der Waals surface area contributed by atoms with E-state index < -0.39 is 0 Å². The standard InChI is InChI=1S/C14H22O2/c1-3-4-12(2)11-16-14-7-5-13(6-8-14)9-10-15/h5-8,12,15H,3-4,9-11H2,1-2H3/t12-/m1/s1. The Bertz CT molecular complexity index is 279. The zero-order chi connectivity index (χ0) is 11.8. The molecule has 1 aromatic carbocycles. The van der Waals surface area contributed by atoms with Crippen LogP contribution in [0, 0.1) is 5.92 Å². The molecule has 2 heteroatoms. The molecule has 1 atom stereocenters. The lowest BCUT2D eigenvalue weighted by atomic mass is 10.1. The maximum atomic E-state index is 8.79. The van der Waals surface area contributed by atoms with Gasteiger partial charge in [-0.25, -0.2) is 0 Å². The van der Waals surface area contributed by atoms with Crippen LogP contribution in [0.3, 0.4) is 0 Å². The number of hydrogen-bond acceptors (Lipinski definition) is 2. The summed E-state index contributed by atoms with van der Waals surface area (Å²) in [6.07, 6.45) is 3.13. The molecule has 90 valence electrons. The van der Waals surface area contributed by atoms with Gasteiger partial charge in [0.2, 0.25) is 0 Å². The molecule has 1 N–H and O–H groups in total. The fourth-order valence-corrected chi connectivity index (χ4v) is 1.70. The Morgan fingerprint density at radius 2 is 1.94 bits per heavy atom. The van der Waals surface area contributed by atoms with Crippen molar-refractivity contribution in [1.29, 1.82) is 0 Å². The Morgan fingerprint density at radius 1 is 1.25 bits per heavy atom. The monoisotopic (exact) mass is 222 g/mol. The first-order valence-corrected chi connectivity index (χ1v) is 6.08. The van der Waals surface area contributed by atoms with Crippen molar-refractivity contribution in [2.24, 2.45) is 5.92 Å². The van der Waals surface area contributed by atoms with Crippen molar-refractivity contribution in [3.8, 4) is 5.75 Å². The van der Waals surface area contributed by atoms with Gasteiger partial charge in [-0.3, -0.25) is 0 Å². The smallest absolute Gasteiger partial charge is 0.119 e. The molecule has 0 aliphatic heterocycles. The largest absolute Gasteiger partial charge is 0.493 e. The first-order valence-electron chi connectivity index (χ1n) is 6.08. The van der Waals surface area contributed by atoms with Crippen molar-refractivity contribution in [3.05, 3.63) is 29.8 Å². The van der Waals surface area contributed by atoms with E-state index in [0.29, 0.717) is 12.3 Å². The third-order valence-corrected chi connectivity index (χ3v) is 2.64. The summed E-state index contributed by atoms with van der Waals surface area (Å²) in [5.74, 6) is 1.53. The van der Waals surface area contributed by atoms with Crippen LogP contribution in [-0.2, 0) is 6.42 Å². The molecule has 0 aliphatic rings. The zero-order valence-corrected chi connectivity index (χ0v) is 10.3. The van der Waals surface area contributed by atoms with Crippen molar-refractivity contribution < 1.29 is 9.84 Å². The van der Waals surface area contributed by atoms with Gasteiger partial charge in [-0.05, 0) is 36.5 Å². The molecule has 2 nitrogen and oxygen atoms in total. The maximum Gasteiger partial charge on any atom is 0.119 e. The lowest BCUT2D eigenvalue weighted by Gasteiger charge is -2.12. The van der Waals surface area contributed by atoms with E-state index in [0.717, 1.165) is 17.9 Å². The van der Waals surface area contributed by atoms with Crippen LogP contribution < -0.4 is 4.74 Å². The topological polar surface area (TPSA) is 29.5 Å². The van der Waals surface area contributed by atoms with Crippen LogP contribution in [0.15, 0.2) is 24.3 Å². The van der Waals surface area contributed by atoms with E-state index in [1.807, 2.05) is 24.3 Å². The molecular weight excluding hydrogens is 200 g/mol. The highest BCUT2D eigenvalue weighted by atomic mass is 16.5. The Balaban J connectivity index is 2.37. The van der Waals surface area contributed by atoms with Crippen molar-refractivity contribution >= 4 is 0 Å². The molecule has 0 radical (unpaired) electrons. The lowest BCUT2D eigenvalue weighted by Crippen LogP contribution is -2.08. The predicted octanol–water partition coefficient (Wildman–Crippen LogP) is 3.04. The van der Waals surface area contributed by atoms with Crippen LogP contribution in [-0.4, -0.2) is 18.3 Å². The molecule has 0 heterocycles. The molecule has 0 saturated heterocycles. The van der Waals surface area contributed by atoms with Crippen molar-refractivity contribution in [3.63, 3.8) is 0 Å². The number of rotatable bonds is 7. The predicted molar refractivity (Wildman–Crippen MR) is 66.8 cm³/mol. The third kappa shape index (κ3) is 4.67. The highest BCUT2D eigenvalue weighted by Gasteiger charge is 2.01.